The number of aromatic amines is 1. The summed E-state index contributed by atoms with van der Waals surface area (Å²) in [6, 6.07) is 15.5. The van der Waals surface area contributed by atoms with E-state index in [0.717, 1.165) is 53.4 Å². The lowest BCUT2D eigenvalue weighted by Gasteiger charge is -2.11. The Bertz CT molecular complexity index is 1640. The first-order valence-electron chi connectivity index (χ1n) is 12.1. The number of benzene rings is 2. The molecular weight excluding hydrogens is 474 g/mol. The molecular formula is C28H25N3O4S. The Hall–Kier alpha value is -3.91. The van der Waals surface area contributed by atoms with E-state index in [-0.39, 0.29) is 5.97 Å². The first-order valence-corrected chi connectivity index (χ1v) is 12.9. The highest BCUT2D eigenvalue weighted by Crippen LogP contribution is 2.40. The fraction of sp³-hybridized carbons (Fsp3) is 0.250. The van der Waals surface area contributed by atoms with Crippen LogP contribution < -0.4 is 10.3 Å². The lowest BCUT2D eigenvalue weighted by Crippen LogP contribution is -2.10. The largest absolute Gasteiger partial charge is 0.497 e. The third kappa shape index (κ3) is 3.97. The van der Waals surface area contributed by atoms with Gasteiger partial charge < -0.3 is 18.9 Å². The molecule has 0 amide bonds. The van der Waals surface area contributed by atoms with Gasteiger partial charge in [-0.05, 0) is 74.6 Å². The maximum atomic E-state index is 13.0. The van der Waals surface area contributed by atoms with Crippen molar-refractivity contribution >= 4 is 44.3 Å². The number of methoxy groups -OCH3 is 1. The van der Waals surface area contributed by atoms with Crippen molar-refractivity contribution in [3.8, 4) is 17.1 Å². The zero-order valence-corrected chi connectivity index (χ0v) is 20.9. The quantitative estimate of drug-likeness (QED) is 0.285. The van der Waals surface area contributed by atoms with E-state index in [1.54, 1.807) is 18.4 Å². The van der Waals surface area contributed by atoms with Gasteiger partial charge in [-0.1, -0.05) is 12.1 Å². The number of nitrogens with one attached hydrogen (secondary N) is 1. The predicted octanol–water partition coefficient (Wildman–Crippen LogP) is 6.33. The van der Waals surface area contributed by atoms with Crippen LogP contribution in [0.25, 0.3) is 33.4 Å². The van der Waals surface area contributed by atoms with Crippen LogP contribution in [-0.2, 0) is 17.6 Å². The number of aromatic nitrogens is 2. The van der Waals surface area contributed by atoms with Crippen LogP contribution in [0.3, 0.4) is 0 Å². The van der Waals surface area contributed by atoms with Crippen LogP contribution >= 0.6 is 11.3 Å². The van der Waals surface area contributed by atoms with Gasteiger partial charge in [0, 0.05) is 10.3 Å². The van der Waals surface area contributed by atoms with Crippen LogP contribution in [0.2, 0.25) is 0 Å². The summed E-state index contributed by atoms with van der Waals surface area (Å²) in [6.07, 6.45) is 3.98. The van der Waals surface area contributed by atoms with Gasteiger partial charge in [0.25, 0.3) is 0 Å². The van der Waals surface area contributed by atoms with Gasteiger partial charge in [0.15, 0.2) is 0 Å². The van der Waals surface area contributed by atoms with Crippen molar-refractivity contribution in [1.29, 1.82) is 0 Å². The minimum atomic E-state index is -0.327. The summed E-state index contributed by atoms with van der Waals surface area (Å²) >= 11 is 1.55. The van der Waals surface area contributed by atoms with E-state index in [1.165, 1.54) is 4.88 Å². The van der Waals surface area contributed by atoms with E-state index in [4.69, 9.17) is 23.9 Å². The van der Waals surface area contributed by atoms with Crippen LogP contribution in [0.5, 0.6) is 5.75 Å². The Kier molecular flexibility index (Phi) is 5.81. The van der Waals surface area contributed by atoms with Crippen molar-refractivity contribution in [2.24, 2.45) is 4.99 Å². The number of esters is 1. The number of hydrogen-bond donors (Lipinski definition) is 1. The summed E-state index contributed by atoms with van der Waals surface area (Å²) in [5.74, 6) is 1.04. The molecule has 0 fully saturated rings. The molecule has 1 aliphatic carbocycles. The number of rotatable bonds is 5. The number of aryl methyl sites for hydroxylation is 1. The molecule has 5 aromatic rings. The third-order valence-electron chi connectivity index (χ3n) is 6.43. The number of carbonyl (C=O) groups excluding carboxylic acids is 1. The summed E-state index contributed by atoms with van der Waals surface area (Å²) in [4.78, 5) is 27.3. The number of nitrogens with zero attached hydrogens (tertiary/aromatic N) is 2. The Morgan fingerprint density at radius 2 is 2.03 bits per heavy atom. The zero-order chi connectivity index (χ0) is 24.6. The number of H-pyrrole nitrogens is 1. The highest BCUT2D eigenvalue weighted by Gasteiger charge is 2.26. The fourth-order valence-electron chi connectivity index (χ4n) is 4.70. The molecule has 8 heteroatoms. The molecule has 7 nitrogen and oxygen atoms in total. The molecule has 0 unspecified atom stereocenters. The van der Waals surface area contributed by atoms with E-state index in [1.807, 2.05) is 55.5 Å². The van der Waals surface area contributed by atoms with Gasteiger partial charge in [0.2, 0.25) is 5.55 Å². The van der Waals surface area contributed by atoms with Crippen molar-refractivity contribution in [3.05, 3.63) is 70.1 Å². The molecule has 0 spiro atoms. The molecule has 0 atom stereocenters. The average molecular weight is 500 g/mol. The Balaban J connectivity index is 1.62. The molecule has 0 aliphatic heterocycles. The second-order valence-electron chi connectivity index (χ2n) is 8.69. The number of thiophene rings is 1. The molecule has 0 bridgehead atoms. The predicted molar refractivity (Wildman–Crippen MR) is 140 cm³/mol. The van der Waals surface area contributed by atoms with Crippen LogP contribution in [-0.4, -0.2) is 29.7 Å². The fourth-order valence-corrected chi connectivity index (χ4v) is 5.95. The first-order chi connectivity index (χ1) is 17.6. The first kappa shape index (κ1) is 22.5. The minimum absolute atomic E-state index is 0.315. The van der Waals surface area contributed by atoms with E-state index < -0.39 is 0 Å². The van der Waals surface area contributed by atoms with Crippen LogP contribution in [0.1, 0.15) is 40.6 Å². The standard InChI is InChI=1S/C28H25N3O4S/c1-3-34-28(32)24-18-8-4-7-11-23(18)36-27(24)31-26-19(25-29-20-9-5-6-10-21(20)30-25)15-16-14-17(33-2)12-13-22(16)35-26/h5-6,9-10,12-15H,3-4,7-8,11H2,1-2H3,(H,29,30)/b31-26-. The second-order valence-corrected chi connectivity index (χ2v) is 9.78. The Morgan fingerprint density at radius 1 is 1.17 bits per heavy atom. The minimum Gasteiger partial charge on any atom is -0.497 e. The summed E-state index contributed by atoms with van der Waals surface area (Å²) in [6.45, 7) is 2.13. The van der Waals surface area contributed by atoms with Crippen molar-refractivity contribution in [2.75, 3.05) is 13.7 Å². The smallest absolute Gasteiger partial charge is 0.341 e. The van der Waals surface area contributed by atoms with Crippen molar-refractivity contribution in [1.82, 2.24) is 9.97 Å². The summed E-state index contributed by atoms with van der Waals surface area (Å²) in [7, 11) is 1.64. The number of para-hydroxylation sites is 2. The summed E-state index contributed by atoms with van der Waals surface area (Å²) in [5, 5.41) is 1.48. The van der Waals surface area contributed by atoms with Gasteiger partial charge in [0.1, 0.15) is 22.2 Å². The molecule has 0 radical (unpaired) electrons. The normalized spacial score (nSPS) is 13.8. The molecule has 3 heterocycles. The van der Waals surface area contributed by atoms with Gasteiger partial charge in [0.05, 0.1) is 35.9 Å². The second kappa shape index (κ2) is 9.28. The number of imidazole rings is 1. The highest BCUT2D eigenvalue weighted by atomic mass is 32.1. The monoisotopic (exact) mass is 499 g/mol. The highest BCUT2D eigenvalue weighted by molar-refractivity contribution is 7.16. The molecule has 6 rings (SSSR count). The van der Waals surface area contributed by atoms with Crippen molar-refractivity contribution in [2.45, 2.75) is 32.6 Å². The summed E-state index contributed by atoms with van der Waals surface area (Å²) < 4.78 is 17.2. The molecule has 0 saturated carbocycles. The van der Waals surface area contributed by atoms with Gasteiger partial charge >= 0.3 is 5.97 Å². The molecule has 3 aromatic heterocycles. The number of hydrogen-bond acceptors (Lipinski definition) is 7. The lowest BCUT2D eigenvalue weighted by atomic mass is 9.95. The molecule has 182 valence electrons. The van der Waals surface area contributed by atoms with E-state index in [0.29, 0.717) is 39.7 Å². The van der Waals surface area contributed by atoms with E-state index in [9.17, 15) is 4.79 Å². The third-order valence-corrected chi connectivity index (χ3v) is 7.62. The van der Waals surface area contributed by atoms with E-state index in [2.05, 4.69) is 4.98 Å². The Labute approximate surface area is 211 Å². The van der Waals surface area contributed by atoms with Crippen LogP contribution in [0, 0.1) is 0 Å². The van der Waals surface area contributed by atoms with Gasteiger partial charge in [-0.15, -0.1) is 11.3 Å². The van der Waals surface area contributed by atoms with Crippen LogP contribution in [0.4, 0.5) is 5.00 Å². The Morgan fingerprint density at radius 3 is 2.86 bits per heavy atom. The van der Waals surface area contributed by atoms with Crippen molar-refractivity contribution < 1.29 is 18.7 Å². The maximum absolute atomic E-state index is 13.0. The molecule has 2 aromatic carbocycles. The molecule has 1 aliphatic rings. The van der Waals surface area contributed by atoms with E-state index >= 15 is 0 Å². The maximum Gasteiger partial charge on any atom is 0.341 e. The molecule has 36 heavy (non-hydrogen) atoms. The summed E-state index contributed by atoms with van der Waals surface area (Å²) in [5.41, 5.74) is 5.15. The number of fused-ring (bicyclic) bond motifs is 3. The average Bonchev–Trinajstić information content (AvgIpc) is 3.49. The van der Waals surface area contributed by atoms with Gasteiger partial charge in [-0.3, -0.25) is 0 Å². The SMILES string of the molecule is CCOC(=O)c1c(/N=c2\oc3ccc(OC)cc3cc2-c2nc3ccccc3[nH]2)sc2c1CCCC2. The number of carbonyl (C=O) groups is 1. The lowest BCUT2D eigenvalue weighted by molar-refractivity contribution is 0.0526. The van der Waals surface area contributed by atoms with Gasteiger partial charge in [-0.2, -0.15) is 0 Å². The molecule has 1 N–H and O–H groups in total. The molecule has 0 saturated heterocycles. The van der Waals surface area contributed by atoms with Crippen molar-refractivity contribution in [3.63, 3.8) is 0 Å². The number of ether oxygens (including phenoxy) is 2. The van der Waals surface area contributed by atoms with Gasteiger partial charge in [-0.25, -0.2) is 14.8 Å². The zero-order valence-electron chi connectivity index (χ0n) is 20.1. The van der Waals surface area contributed by atoms with Crippen LogP contribution in [0.15, 0.2) is 57.9 Å². The topological polar surface area (TPSA) is 89.7 Å².